The van der Waals surface area contributed by atoms with Crippen LogP contribution >= 0.6 is 39.9 Å². The Hall–Kier alpha value is -0.830. The highest BCUT2D eigenvalue weighted by molar-refractivity contribution is 14.0. The van der Waals surface area contributed by atoms with Gasteiger partial charge in [0.15, 0.2) is 5.96 Å². The third kappa shape index (κ3) is 6.96. The van der Waals surface area contributed by atoms with E-state index in [2.05, 4.69) is 43.4 Å². The van der Waals surface area contributed by atoms with Crippen LogP contribution in [0.25, 0.3) is 0 Å². The van der Waals surface area contributed by atoms with Crippen molar-refractivity contribution in [1.82, 2.24) is 15.5 Å². The van der Waals surface area contributed by atoms with E-state index in [1.807, 2.05) is 24.3 Å². The van der Waals surface area contributed by atoms with E-state index in [0.29, 0.717) is 12.1 Å². The summed E-state index contributed by atoms with van der Waals surface area (Å²) < 4.78 is 0.913. The summed E-state index contributed by atoms with van der Waals surface area (Å²) in [6.07, 6.45) is 3.32. The van der Waals surface area contributed by atoms with Crippen molar-refractivity contribution in [3.8, 4) is 0 Å². The van der Waals surface area contributed by atoms with Gasteiger partial charge in [0, 0.05) is 42.8 Å². The van der Waals surface area contributed by atoms with Crippen LogP contribution in [0, 0.1) is 0 Å². The third-order valence-electron chi connectivity index (χ3n) is 3.71. The van der Waals surface area contributed by atoms with Crippen LogP contribution < -0.4 is 10.6 Å². The van der Waals surface area contributed by atoms with Gasteiger partial charge in [0.05, 0.1) is 0 Å². The summed E-state index contributed by atoms with van der Waals surface area (Å²) in [4.78, 5) is 19.0. The van der Waals surface area contributed by atoms with Gasteiger partial charge in [0.1, 0.15) is 0 Å². The molecule has 1 saturated heterocycles. The Balaban J connectivity index is 0.00000288. The monoisotopic (exact) mass is 508 g/mol. The van der Waals surface area contributed by atoms with Gasteiger partial charge in [-0.1, -0.05) is 22.0 Å². The molecule has 1 fully saturated rings. The minimum Gasteiger partial charge on any atom is -0.357 e. The number of nitrogens with one attached hydrogen (secondary N) is 2. The maximum Gasteiger partial charge on any atom is 0.251 e. The molecule has 0 saturated carbocycles. The van der Waals surface area contributed by atoms with Gasteiger partial charge in [-0.2, -0.15) is 0 Å². The molecule has 0 radical (unpaired) electrons. The number of hydrogen-bond donors (Lipinski definition) is 2. The second-order valence-electron chi connectivity index (χ2n) is 5.55. The average Bonchev–Trinajstić information content (AvgIpc) is 3.07. The summed E-state index contributed by atoms with van der Waals surface area (Å²) in [5.41, 5.74) is 0.674. The van der Waals surface area contributed by atoms with Gasteiger partial charge in [-0.15, -0.1) is 24.0 Å². The average molecular weight is 509 g/mol. The van der Waals surface area contributed by atoms with E-state index < -0.39 is 0 Å². The number of nitrogens with zero attached hydrogens (tertiary/aromatic N) is 2. The van der Waals surface area contributed by atoms with E-state index in [1.165, 1.54) is 12.8 Å². The van der Waals surface area contributed by atoms with Crippen LogP contribution in [0.1, 0.15) is 36.5 Å². The van der Waals surface area contributed by atoms with Crippen molar-refractivity contribution >= 4 is 51.8 Å². The fraction of sp³-hybridized carbons (Fsp3) is 0.529. The zero-order chi connectivity index (χ0) is 16.5. The molecule has 2 N–H and O–H groups in total. The van der Waals surface area contributed by atoms with Crippen LogP contribution in [0.15, 0.2) is 33.7 Å². The van der Waals surface area contributed by atoms with Crippen LogP contribution in [0.3, 0.4) is 0 Å². The quantitative estimate of drug-likeness (QED) is 0.268. The first-order valence-electron chi connectivity index (χ1n) is 8.27. The fourth-order valence-corrected chi connectivity index (χ4v) is 2.95. The molecular formula is C17H26BrIN4O. The number of benzene rings is 1. The lowest BCUT2D eigenvalue weighted by atomic mass is 10.2. The molecule has 1 aliphatic rings. The third-order valence-corrected chi connectivity index (χ3v) is 4.20. The molecule has 1 amide bonds. The molecule has 7 heteroatoms. The van der Waals surface area contributed by atoms with Crippen molar-refractivity contribution in [2.24, 2.45) is 4.99 Å². The van der Waals surface area contributed by atoms with E-state index >= 15 is 0 Å². The molecule has 1 aromatic carbocycles. The summed E-state index contributed by atoms with van der Waals surface area (Å²) in [6.45, 7) is 6.50. The number of carbonyl (C=O) groups excluding carboxylic acids is 1. The molecule has 0 unspecified atom stereocenters. The van der Waals surface area contributed by atoms with Crippen LogP contribution in [0.5, 0.6) is 0 Å². The number of guanidine groups is 1. The Kier molecular flexibility index (Phi) is 10.3. The van der Waals surface area contributed by atoms with Crippen molar-refractivity contribution in [2.45, 2.75) is 26.2 Å². The topological polar surface area (TPSA) is 56.7 Å². The second kappa shape index (κ2) is 11.7. The largest absolute Gasteiger partial charge is 0.357 e. The fourth-order valence-electron chi connectivity index (χ4n) is 2.55. The highest BCUT2D eigenvalue weighted by Gasteiger charge is 2.15. The highest BCUT2D eigenvalue weighted by atomic mass is 127. The molecule has 1 heterocycles. The number of carbonyl (C=O) groups is 1. The van der Waals surface area contributed by atoms with Crippen LogP contribution in [0.4, 0.5) is 0 Å². The van der Waals surface area contributed by atoms with Gasteiger partial charge in [-0.25, -0.2) is 0 Å². The number of hydrogen-bond acceptors (Lipinski definition) is 2. The van der Waals surface area contributed by atoms with E-state index in [9.17, 15) is 4.79 Å². The minimum absolute atomic E-state index is 0. The van der Waals surface area contributed by atoms with Gasteiger partial charge >= 0.3 is 0 Å². The number of rotatable bonds is 6. The zero-order valence-corrected chi connectivity index (χ0v) is 18.0. The van der Waals surface area contributed by atoms with Crippen LogP contribution in [0.2, 0.25) is 0 Å². The van der Waals surface area contributed by atoms with Crippen molar-refractivity contribution in [2.75, 3.05) is 32.7 Å². The summed E-state index contributed by atoms with van der Waals surface area (Å²) >= 11 is 3.38. The predicted octanol–water partition coefficient (Wildman–Crippen LogP) is 3.25. The molecule has 1 aromatic rings. The van der Waals surface area contributed by atoms with E-state index in [4.69, 9.17) is 0 Å². The molecule has 134 valence electrons. The highest BCUT2D eigenvalue weighted by Crippen LogP contribution is 2.11. The lowest BCUT2D eigenvalue weighted by Gasteiger charge is -2.20. The van der Waals surface area contributed by atoms with E-state index in [-0.39, 0.29) is 29.9 Å². The van der Waals surface area contributed by atoms with E-state index in [1.54, 1.807) is 0 Å². The molecule has 2 rings (SSSR count). The molecule has 24 heavy (non-hydrogen) atoms. The number of likely N-dealkylation sites (tertiary alicyclic amines) is 1. The van der Waals surface area contributed by atoms with Crippen LogP contribution in [-0.2, 0) is 0 Å². The predicted molar refractivity (Wildman–Crippen MR) is 113 cm³/mol. The molecule has 0 bridgehead atoms. The molecule has 0 aliphatic carbocycles. The smallest absolute Gasteiger partial charge is 0.251 e. The molecular weight excluding hydrogens is 483 g/mol. The molecule has 5 nitrogen and oxygen atoms in total. The minimum atomic E-state index is -0.0401. The lowest BCUT2D eigenvalue weighted by Crippen LogP contribution is -2.39. The number of amides is 1. The Labute approximate surface area is 169 Å². The molecule has 1 aliphatic heterocycles. The molecule has 0 spiro atoms. The number of halogens is 2. The van der Waals surface area contributed by atoms with Gasteiger partial charge in [-0.3, -0.25) is 9.79 Å². The standard InChI is InChI=1S/C17H25BrN4O.HI/c1-2-19-17(22-11-3-4-12-22)21-10-6-9-20-16(23)14-7-5-8-15(18)13-14;/h5,7-8,13H,2-4,6,9-12H2,1H3,(H,19,21)(H,20,23);1H. The zero-order valence-electron chi connectivity index (χ0n) is 14.1. The van der Waals surface area contributed by atoms with Crippen molar-refractivity contribution < 1.29 is 4.79 Å². The first kappa shape index (κ1) is 21.2. The Morgan fingerprint density at radius 3 is 2.71 bits per heavy atom. The normalized spacial score (nSPS) is 14.2. The molecule has 0 atom stereocenters. The van der Waals surface area contributed by atoms with Crippen molar-refractivity contribution in [3.63, 3.8) is 0 Å². The second-order valence-corrected chi connectivity index (χ2v) is 6.47. The van der Waals surface area contributed by atoms with Gasteiger partial charge in [0.25, 0.3) is 5.91 Å². The maximum absolute atomic E-state index is 12.0. The van der Waals surface area contributed by atoms with Crippen molar-refractivity contribution in [1.29, 1.82) is 0 Å². The number of aliphatic imine (C=N–C) groups is 1. The Morgan fingerprint density at radius 2 is 2.04 bits per heavy atom. The first-order valence-corrected chi connectivity index (χ1v) is 9.07. The summed E-state index contributed by atoms with van der Waals surface area (Å²) in [5.74, 6) is 0.963. The Bertz CT molecular complexity index is 547. The SMILES string of the molecule is CCNC(=NCCCNC(=O)c1cccc(Br)c1)N1CCCC1.I. The summed E-state index contributed by atoms with van der Waals surface area (Å²) in [7, 11) is 0. The Morgan fingerprint density at radius 1 is 1.29 bits per heavy atom. The van der Waals surface area contributed by atoms with Crippen LogP contribution in [-0.4, -0.2) is 49.5 Å². The first-order chi connectivity index (χ1) is 11.2. The van der Waals surface area contributed by atoms with Gasteiger partial charge < -0.3 is 15.5 Å². The van der Waals surface area contributed by atoms with Gasteiger partial charge in [0.2, 0.25) is 0 Å². The summed E-state index contributed by atoms with van der Waals surface area (Å²) in [6, 6.07) is 7.41. The van der Waals surface area contributed by atoms with Crippen molar-refractivity contribution in [3.05, 3.63) is 34.3 Å². The van der Waals surface area contributed by atoms with Gasteiger partial charge in [-0.05, 0) is 44.4 Å². The van der Waals surface area contributed by atoms with E-state index in [0.717, 1.165) is 43.0 Å². The summed E-state index contributed by atoms with van der Waals surface area (Å²) in [5, 5.41) is 6.28. The molecule has 0 aromatic heterocycles. The lowest BCUT2D eigenvalue weighted by molar-refractivity contribution is 0.0953. The maximum atomic E-state index is 12.0.